The van der Waals surface area contributed by atoms with Crippen molar-refractivity contribution in [3.8, 4) is 11.5 Å². The zero-order valence-electron chi connectivity index (χ0n) is 13.4. The van der Waals surface area contributed by atoms with Crippen molar-refractivity contribution >= 4 is 17.2 Å². The minimum atomic E-state index is -0.00681. The van der Waals surface area contributed by atoms with E-state index in [2.05, 4.69) is 34.6 Å². The highest BCUT2D eigenvalue weighted by molar-refractivity contribution is 7.08. The van der Waals surface area contributed by atoms with E-state index in [1.807, 2.05) is 23.8 Å². The van der Waals surface area contributed by atoms with Gasteiger partial charge in [-0.2, -0.15) is 11.3 Å². The molecular weight excluding hydrogens is 320 g/mol. The maximum atomic E-state index is 12.2. The fourth-order valence-corrected chi connectivity index (χ4v) is 3.73. The number of rotatable bonds is 5. The lowest BCUT2D eigenvalue weighted by Crippen LogP contribution is -2.34. The van der Waals surface area contributed by atoms with Crippen LogP contribution >= 0.6 is 11.3 Å². The van der Waals surface area contributed by atoms with Crippen LogP contribution in [0.2, 0.25) is 0 Å². The minimum Gasteiger partial charge on any atom is -0.441 e. The number of carbonyl (C=O) groups is 1. The normalized spacial score (nSPS) is 15.6. The molecule has 0 fully saturated rings. The Morgan fingerprint density at radius 3 is 3.04 bits per heavy atom. The lowest BCUT2D eigenvalue weighted by molar-refractivity contribution is -0.120. The molecule has 3 aromatic rings. The molecule has 4 nitrogen and oxygen atoms in total. The predicted molar refractivity (Wildman–Crippen MR) is 94.2 cm³/mol. The number of aryl methyl sites for hydroxylation is 1. The summed E-state index contributed by atoms with van der Waals surface area (Å²) in [6.07, 6.45) is 1.30. The number of thiophene rings is 1. The highest BCUT2D eigenvalue weighted by atomic mass is 32.1. The summed E-state index contributed by atoms with van der Waals surface area (Å²) >= 11 is 1.60. The first kappa shape index (κ1) is 15.1. The van der Waals surface area contributed by atoms with Gasteiger partial charge in [0.15, 0.2) is 0 Å². The predicted octanol–water partition coefficient (Wildman–Crippen LogP) is 3.71. The quantitative estimate of drug-likeness (QED) is 0.771. The molecule has 0 radical (unpaired) electrons. The zero-order valence-corrected chi connectivity index (χ0v) is 14.2. The number of hydrogen-bond acceptors (Lipinski definition) is 4. The molecule has 1 aliphatic rings. The molecule has 2 aromatic heterocycles. The maximum Gasteiger partial charge on any atom is 0.227 e. The van der Waals surface area contributed by atoms with Crippen LogP contribution in [0.1, 0.15) is 28.5 Å². The standard InChI is InChI=1S/C19H18N2O2S/c1-12-17(21-19(23-12)14-6-7-24-11-14)9-18(22)20-10-15-8-13-4-2-3-5-16(13)15/h2-7,11,15H,8-10H2,1H3,(H,20,22). The summed E-state index contributed by atoms with van der Waals surface area (Å²) in [6, 6.07) is 10.4. The molecule has 4 rings (SSSR count). The first-order valence-electron chi connectivity index (χ1n) is 8.04. The van der Waals surface area contributed by atoms with Crippen molar-refractivity contribution in [2.45, 2.75) is 25.7 Å². The monoisotopic (exact) mass is 338 g/mol. The Balaban J connectivity index is 1.35. The molecular formula is C19H18N2O2S. The third-order valence-corrected chi connectivity index (χ3v) is 5.18. The lowest BCUT2D eigenvalue weighted by atomic mass is 9.77. The molecule has 1 amide bonds. The van der Waals surface area contributed by atoms with Crippen LogP contribution in [0.3, 0.4) is 0 Å². The number of hydrogen-bond donors (Lipinski definition) is 1. The summed E-state index contributed by atoms with van der Waals surface area (Å²) in [5.74, 6) is 1.72. The van der Waals surface area contributed by atoms with E-state index in [1.54, 1.807) is 11.3 Å². The molecule has 5 heteroatoms. The molecule has 1 aliphatic carbocycles. The van der Waals surface area contributed by atoms with Crippen LogP contribution < -0.4 is 5.32 Å². The second kappa shape index (κ2) is 6.24. The minimum absolute atomic E-state index is 0.00681. The number of aromatic nitrogens is 1. The first-order valence-corrected chi connectivity index (χ1v) is 8.98. The van der Waals surface area contributed by atoms with Crippen molar-refractivity contribution in [2.75, 3.05) is 6.54 Å². The number of benzene rings is 1. The number of amides is 1. The van der Waals surface area contributed by atoms with Gasteiger partial charge in [-0.1, -0.05) is 24.3 Å². The van der Waals surface area contributed by atoms with Crippen molar-refractivity contribution in [1.82, 2.24) is 10.3 Å². The molecule has 24 heavy (non-hydrogen) atoms. The molecule has 1 unspecified atom stereocenters. The van der Waals surface area contributed by atoms with E-state index >= 15 is 0 Å². The fraction of sp³-hybridized carbons (Fsp3) is 0.263. The number of nitrogens with zero attached hydrogens (tertiary/aromatic N) is 1. The molecule has 2 heterocycles. The topological polar surface area (TPSA) is 55.1 Å². The smallest absolute Gasteiger partial charge is 0.227 e. The van der Waals surface area contributed by atoms with Gasteiger partial charge in [-0.15, -0.1) is 0 Å². The molecule has 0 bridgehead atoms. The van der Waals surface area contributed by atoms with E-state index < -0.39 is 0 Å². The molecule has 0 saturated heterocycles. The van der Waals surface area contributed by atoms with E-state index in [0.717, 1.165) is 12.0 Å². The number of fused-ring (bicyclic) bond motifs is 1. The molecule has 1 atom stereocenters. The Bertz CT molecular complexity index is 867. The summed E-state index contributed by atoms with van der Waals surface area (Å²) in [7, 11) is 0. The Morgan fingerprint density at radius 1 is 1.38 bits per heavy atom. The van der Waals surface area contributed by atoms with E-state index in [4.69, 9.17) is 4.42 Å². The van der Waals surface area contributed by atoms with Gasteiger partial charge >= 0.3 is 0 Å². The Labute approximate surface area is 144 Å². The third kappa shape index (κ3) is 2.87. The second-order valence-electron chi connectivity index (χ2n) is 6.11. The Hall–Kier alpha value is -2.40. The van der Waals surface area contributed by atoms with E-state index in [1.165, 1.54) is 11.1 Å². The highest BCUT2D eigenvalue weighted by Crippen LogP contribution is 2.34. The number of carbonyl (C=O) groups excluding carboxylic acids is 1. The van der Waals surface area contributed by atoms with Gasteiger partial charge in [0.1, 0.15) is 5.76 Å². The SMILES string of the molecule is Cc1oc(-c2ccsc2)nc1CC(=O)NCC1Cc2ccccc21. The lowest BCUT2D eigenvalue weighted by Gasteiger charge is -2.30. The van der Waals surface area contributed by atoms with Crippen LogP contribution in [0.15, 0.2) is 45.5 Å². The molecule has 0 spiro atoms. The van der Waals surface area contributed by atoms with Gasteiger partial charge in [0.2, 0.25) is 11.8 Å². The van der Waals surface area contributed by atoms with Crippen molar-refractivity contribution in [3.63, 3.8) is 0 Å². The highest BCUT2D eigenvalue weighted by Gasteiger charge is 2.25. The molecule has 1 aromatic carbocycles. The van der Waals surface area contributed by atoms with Crippen molar-refractivity contribution in [1.29, 1.82) is 0 Å². The maximum absolute atomic E-state index is 12.2. The number of oxazole rings is 1. The van der Waals surface area contributed by atoms with Crippen LogP contribution in [0.4, 0.5) is 0 Å². The summed E-state index contributed by atoms with van der Waals surface area (Å²) in [6.45, 7) is 2.54. The largest absolute Gasteiger partial charge is 0.441 e. The average Bonchev–Trinajstić information content (AvgIpc) is 3.19. The van der Waals surface area contributed by atoms with Gasteiger partial charge in [-0.25, -0.2) is 4.98 Å². The summed E-state index contributed by atoms with van der Waals surface area (Å²) in [5.41, 5.74) is 4.42. The summed E-state index contributed by atoms with van der Waals surface area (Å²) in [4.78, 5) is 16.7. The van der Waals surface area contributed by atoms with Crippen molar-refractivity contribution < 1.29 is 9.21 Å². The number of nitrogens with one attached hydrogen (secondary N) is 1. The van der Waals surface area contributed by atoms with Gasteiger partial charge in [0, 0.05) is 23.4 Å². The molecule has 122 valence electrons. The van der Waals surface area contributed by atoms with Gasteiger partial charge < -0.3 is 9.73 Å². The van der Waals surface area contributed by atoms with Crippen LogP contribution in [-0.2, 0) is 17.6 Å². The van der Waals surface area contributed by atoms with Gasteiger partial charge in [-0.3, -0.25) is 4.79 Å². The van der Waals surface area contributed by atoms with Gasteiger partial charge in [0.05, 0.1) is 12.1 Å². The van der Waals surface area contributed by atoms with Crippen LogP contribution in [-0.4, -0.2) is 17.4 Å². The summed E-state index contributed by atoms with van der Waals surface area (Å²) in [5, 5.41) is 7.00. The molecule has 0 aliphatic heterocycles. The Kier molecular flexibility index (Phi) is 3.94. The van der Waals surface area contributed by atoms with Gasteiger partial charge in [-0.05, 0) is 35.9 Å². The second-order valence-corrected chi connectivity index (χ2v) is 6.89. The fourth-order valence-electron chi connectivity index (χ4n) is 3.10. The van der Waals surface area contributed by atoms with Crippen LogP contribution in [0.25, 0.3) is 11.5 Å². The van der Waals surface area contributed by atoms with E-state index in [0.29, 0.717) is 29.8 Å². The van der Waals surface area contributed by atoms with E-state index in [-0.39, 0.29) is 12.3 Å². The molecule has 0 saturated carbocycles. The first-order chi connectivity index (χ1) is 11.7. The summed E-state index contributed by atoms with van der Waals surface area (Å²) < 4.78 is 5.68. The van der Waals surface area contributed by atoms with Crippen molar-refractivity contribution in [3.05, 3.63) is 63.7 Å². The van der Waals surface area contributed by atoms with Crippen LogP contribution in [0.5, 0.6) is 0 Å². The molecule has 1 N–H and O–H groups in total. The average molecular weight is 338 g/mol. The third-order valence-electron chi connectivity index (χ3n) is 4.50. The van der Waals surface area contributed by atoms with Crippen LogP contribution in [0, 0.1) is 6.92 Å². The van der Waals surface area contributed by atoms with E-state index in [9.17, 15) is 4.79 Å². The van der Waals surface area contributed by atoms with Gasteiger partial charge in [0.25, 0.3) is 0 Å². The zero-order chi connectivity index (χ0) is 16.5. The van der Waals surface area contributed by atoms with Crippen molar-refractivity contribution in [2.24, 2.45) is 0 Å². The Morgan fingerprint density at radius 2 is 2.25 bits per heavy atom.